The number of rotatable bonds is 0. The van der Waals surface area contributed by atoms with E-state index in [9.17, 15) is 8.78 Å². The molecule has 0 spiro atoms. The van der Waals surface area contributed by atoms with Crippen LogP contribution in [0.3, 0.4) is 0 Å². The van der Waals surface area contributed by atoms with Crippen molar-refractivity contribution in [1.29, 1.82) is 0 Å². The van der Waals surface area contributed by atoms with Gasteiger partial charge in [0, 0.05) is 0 Å². The summed E-state index contributed by atoms with van der Waals surface area (Å²) in [6, 6.07) is 0. The Morgan fingerprint density at radius 2 is 0.889 bits per heavy atom. The second-order valence-electron chi connectivity index (χ2n) is 0.339. The molecule has 7 heteroatoms. The van der Waals surface area contributed by atoms with Crippen molar-refractivity contribution >= 4 is 23.9 Å². The molecule has 0 aromatic carbocycles. The van der Waals surface area contributed by atoms with E-state index in [0.717, 1.165) is 0 Å². The van der Waals surface area contributed by atoms with Crippen LogP contribution in [0.25, 0.3) is 0 Å². The summed E-state index contributed by atoms with van der Waals surface area (Å²) >= 11 is 0. The Labute approximate surface area is 94.4 Å². The Bertz CT molecular complexity index is 39.5. The monoisotopic (exact) mass is 324 g/mol. The molecular weight excluding hydrogens is 323 g/mol. The molecule has 0 aromatic heterocycles. The van der Waals surface area contributed by atoms with Gasteiger partial charge in [-0.25, -0.2) is 0 Å². The van der Waals surface area contributed by atoms with Crippen LogP contribution < -0.4 is 49.6 Å². The SMILES string of the molecule is C=C(F)F.[Cl-].[Cl-].[Cl-].[Cl-].[Sn+4]. The molecule has 0 saturated heterocycles. The van der Waals surface area contributed by atoms with Crippen LogP contribution in [-0.2, 0) is 0 Å². The zero-order valence-corrected chi connectivity index (χ0v) is 9.85. The van der Waals surface area contributed by atoms with Gasteiger partial charge in [0.25, 0.3) is 6.08 Å². The van der Waals surface area contributed by atoms with Crippen LogP contribution in [0.15, 0.2) is 12.7 Å². The molecule has 0 radical (unpaired) electrons. The van der Waals surface area contributed by atoms with E-state index in [1.165, 1.54) is 0 Å². The fourth-order valence-corrected chi connectivity index (χ4v) is 0. The first-order valence-electron chi connectivity index (χ1n) is 0.732. The number of halogens is 6. The van der Waals surface area contributed by atoms with Crippen molar-refractivity contribution in [1.82, 2.24) is 0 Å². The zero-order valence-electron chi connectivity index (χ0n) is 3.97. The Hall–Kier alpha value is 1.56. The molecular formula is C2H2Cl4F2Sn. The molecule has 0 aliphatic carbocycles. The maximum absolute atomic E-state index is 10.1. The minimum Gasteiger partial charge on any atom is -1.00 e. The maximum atomic E-state index is 10.1. The Morgan fingerprint density at radius 3 is 0.889 bits per heavy atom. The van der Waals surface area contributed by atoms with Gasteiger partial charge in [-0.1, -0.05) is 0 Å². The topological polar surface area (TPSA) is 0 Å². The number of hydrogen-bond acceptors (Lipinski definition) is 0. The Morgan fingerprint density at radius 1 is 0.889 bits per heavy atom. The smallest absolute Gasteiger partial charge is 1.00 e. The van der Waals surface area contributed by atoms with Gasteiger partial charge >= 0.3 is 23.9 Å². The molecule has 9 heavy (non-hydrogen) atoms. The molecule has 0 rings (SSSR count). The average molecular weight is 325 g/mol. The molecule has 0 unspecified atom stereocenters. The van der Waals surface area contributed by atoms with Gasteiger partial charge in [-0.15, -0.1) is 0 Å². The predicted molar refractivity (Wildman–Crippen MR) is 17.1 cm³/mol. The van der Waals surface area contributed by atoms with Crippen molar-refractivity contribution in [2.75, 3.05) is 0 Å². The van der Waals surface area contributed by atoms with Crippen LogP contribution in [0.1, 0.15) is 0 Å². The van der Waals surface area contributed by atoms with Gasteiger partial charge in [0.15, 0.2) is 0 Å². The second-order valence-corrected chi connectivity index (χ2v) is 0.339. The average Bonchev–Trinajstić information content (AvgIpc) is 0.811. The largest absolute Gasteiger partial charge is 4.00 e. The molecule has 0 amide bonds. The van der Waals surface area contributed by atoms with Crippen LogP contribution in [0.2, 0.25) is 0 Å². The number of hydrogen-bond donors (Lipinski definition) is 0. The van der Waals surface area contributed by atoms with E-state index in [1.54, 1.807) is 0 Å². The molecule has 0 atom stereocenters. The summed E-state index contributed by atoms with van der Waals surface area (Å²) in [6.45, 7) is 2.22. The first kappa shape index (κ1) is 46.4. The third kappa shape index (κ3) is 225. The molecule has 0 saturated carbocycles. The van der Waals surface area contributed by atoms with Gasteiger partial charge in [-0.3, -0.25) is 0 Å². The Kier molecular flexibility index (Phi) is 174. The molecule has 56 valence electrons. The van der Waals surface area contributed by atoms with E-state index < -0.39 is 6.08 Å². The summed E-state index contributed by atoms with van der Waals surface area (Å²) in [7, 11) is 0. The van der Waals surface area contributed by atoms with Crippen LogP contribution in [0, 0.1) is 0 Å². The van der Waals surface area contributed by atoms with Gasteiger partial charge in [0.2, 0.25) is 0 Å². The van der Waals surface area contributed by atoms with Crippen molar-refractivity contribution in [3.8, 4) is 0 Å². The molecule has 0 aromatic rings. The molecule has 0 nitrogen and oxygen atoms in total. The van der Waals surface area contributed by atoms with Gasteiger partial charge in [-0.2, -0.15) is 8.78 Å². The van der Waals surface area contributed by atoms with Gasteiger partial charge in [-0.05, 0) is 6.58 Å². The standard InChI is InChI=1S/C2H2F2.4ClH.Sn/c1-2(3)4;;;;;/h1H2;4*1H;/q;;;;;+4/p-4. The molecule has 0 fully saturated rings. The van der Waals surface area contributed by atoms with Crippen molar-refractivity contribution in [3.05, 3.63) is 12.7 Å². The van der Waals surface area contributed by atoms with E-state index in [0.29, 0.717) is 0 Å². The third-order valence-electron chi connectivity index (χ3n) is 0. The summed E-state index contributed by atoms with van der Waals surface area (Å²) in [4.78, 5) is 0. The van der Waals surface area contributed by atoms with Gasteiger partial charge in [0.1, 0.15) is 0 Å². The molecule has 0 heterocycles. The molecule has 0 N–H and O–H groups in total. The van der Waals surface area contributed by atoms with Crippen molar-refractivity contribution in [3.63, 3.8) is 0 Å². The fraction of sp³-hybridized carbons (Fsp3) is 0. The summed E-state index contributed by atoms with van der Waals surface area (Å²) in [6.07, 6.45) is -1.83. The van der Waals surface area contributed by atoms with E-state index in [4.69, 9.17) is 0 Å². The normalized spacial score (nSPS) is 2.89. The summed E-state index contributed by atoms with van der Waals surface area (Å²) < 4.78 is 20.3. The molecule has 0 aliphatic rings. The van der Waals surface area contributed by atoms with Crippen LogP contribution in [0.4, 0.5) is 8.78 Å². The first-order valence-corrected chi connectivity index (χ1v) is 0.732. The fourth-order valence-electron chi connectivity index (χ4n) is 0. The minimum atomic E-state index is -1.83. The van der Waals surface area contributed by atoms with E-state index in [-0.39, 0.29) is 73.5 Å². The van der Waals surface area contributed by atoms with Crippen LogP contribution >= 0.6 is 0 Å². The quantitative estimate of drug-likeness (QED) is 0.388. The summed E-state index contributed by atoms with van der Waals surface area (Å²) in [5, 5.41) is 0. The van der Waals surface area contributed by atoms with Crippen molar-refractivity contribution in [2.45, 2.75) is 0 Å². The van der Waals surface area contributed by atoms with E-state index in [1.807, 2.05) is 0 Å². The first-order chi connectivity index (χ1) is 1.73. The van der Waals surface area contributed by atoms with E-state index >= 15 is 0 Å². The van der Waals surface area contributed by atoms with Crippen LogP contribution in [-0.4, -0.2) is 23.9 Å². The molecule has 0 aliphatic heterocycles. The van der Waals surface area contributed by atoms with E-state index in [2.05, 4.69) is 6.58 Å². The summed E-state index contributed by atoms with van der Waals surface area (Å²) in [5.74, 6) is 0. The maximum Gasteiger partial charge on any atom is 4.00 e. The van der Waals surface area contributed by atoms with Gasteiger partial charge in [0.05, 0.1) is 0 Å². The minimum absolute atomic E-state index is 0. The van der Waals surface area contributed by atoms with Crippen molar-refractivity contribution in [2.24, 2.45) is 0 Å². The van der Waals surface area contributed by atoms with Crippen LogP contribution in [0.5, 0.6) is 0 Å². The second kappa shape index (κ2) is 33.7. The molecule has 0 bridgehead atoms. The van der Waals surface area contributed by atoms with Gasteiger partial charge < -0.3 is 49.6 Å². The third-order valence-corrected chi connectivity index (χ3v) is 0. The predicted octanol–water partition coefficient (Wildman–Crippen LogP) is -11.0. The van der Waals surface area contributed by atoms with Crippen molar-refractivity contribution < 1.29 is 58.4 Å². The Balaban J connectivity index is -0.00000000450. The zero-order chi connectivity index (χ0) is 3.58. The summed E-state index contributed by atoms with van der Waals surface area (Å²) in [5.41, 5.74) is 0.